The third kappa shape index (κ3) is 8.36. The Balaban J connectivity index is 1.43. The van der Waals surface area contributed by atoms with Gasteiger partial charge in [-0.25, -0.2) is 9.59 Å². The van der Waals surface area contributed by atoms with Crippen molar-refractivity contribution >= 4 is 46.9 Å². The lowest BCUT2D eigenvalue weighted by molar-refractivity contribution is -0.137. The van der Waals surface area contributed by atoms with E-state index in [2.05, 4.69) is 20.5 Å². The van der Waals surface area contributed by atoms with Crippen molar-refractivity contribution in [1.29, 1.82) is 0 Å². The average molecular weight is 683 g/mol. The van der Waals surface area contributed by atoms with E-state index in [1.807, 2.05) is 35.2 Å². The van der Waals surface area contributed by atoms with E-state index in [-0.39, 0.29) is 33.5 Å². The summed E-state index contributed by atoms with van der Waals surface area (Å²) in [5.74, 6) is -1.42. The highest BCUT2D eigenvalue weighted by atomic mass is 35.5. The number of methoxy groups -OCH3 is 2. The number of carbonyl (C=O) groups excluding carboxylic acids is 3. The molecule has 3 aliphatic rings. The van der Waals surface area contributed by atoms with E-state index in [9.17, 15) is 14.4 Å². The molecule has 250 valence electrons. The summed E-state index contributed by atoms with van der Waals surface area (Å²) in [6.07, 6.45) is 2.83. The van der Waals surface area contributed by atoms with Crippen molar-refractivity contribution in [3.63, 3.8) is 0 Å². The van der Waals surface area contributed by atoms with Crippen LogP contribution in [0, 0.1) is 0 Å². The predicted molar refractivity (Wildman–Crippen MR) is 182 cm³/mol. The number of nitrogens with zero attached hydrogens (tertiary/aromatic N) is 3. The van der Waals surface area contributed by atoms with Crippen LogP contribution in [0.25, 0.3) is 0 Å². The van der Waals surface area contributed by atoms with Crippen LogP contribution >= 0.6 is 23.2 Å². The van der Waals surface area contributed by atoms with Gasteiger partial charge in [-0.05, 0) is 43.5 Å². The Morgan fingerprint density at radius 3 is 2.13 bits per heavy atom. The number of hydrogen-bond donors (Lipinski definition) is 2. The number of aryl methyl sites for hydroxylation is 1. The monoisotopic (exact) mass is 681 g/mol. The molecule has 0 saturated carbocycles. The number of benzene rings is 2. The van der Waals surface area contributed by atoms with Gasteiger partial charge >= 0.3 is 11.9 Å². The fourth-order valence-electron chi connectivity index (χ4n) is 6.41. The first-order valence-electron chi connectivity index (χ1n) is 16.0. The number of nitrogens with one attached hydrogen (secondary N) is 2. The zero-order valence-electron chi connectivity index (χ0n) is 26.8. The minimum absolute atomic E-state index is 0.0989. The summed E-state index contributed by atoms with van der Waals surface area (Å²) in [6, 6.07) is 14.8. The predicted octanol–water partition coefficient (Wildman–Crippen LogP) is 4.48. The molecule has 2 aromatic rings. The van der Waals surface area contributed by atoms with Crippen LogP contribution in [0.1, 0.15) is 42.7 Å². The summed E-state index contributed by atoms with van der Waals surface area (Å²) in [5.41, 5.74) is 2.61. The minimum atomic E-state index is -1.03. The molecule has 12 heteroatoms. The van der Waals surface area contributed by atoms with Gasteiger partial charge in [-0.3, -0.25) is 14.7 Å². The molecular formula is C35H41Cl2N5O5. The zero-order chi connectivity index (χ0) is 33.3. The highest BCUT2D eigenvalue weighted by Crippen LogP contribution is 2.46. The Hall–Kier alpha value is -3.86. The third-order valence-electron chi connectivity index (χ3n) is 8.82. The maximum Gasteiger partial charge on any atom is 0.336 e. The Morgan fingerprint density at radius 2 is 1.51 bits per heavy atom. The average Bonchev–Trinajstić information content (AvgIpc) is 3.61. The van der Waals surface area contributed by atoms with Gasteiger partial charge < -0.3 is 25.0 Å². The summed E-state index contributed by atoms with van der Waals surface area (Å²) in [5, 5.41) is 7.18. The van der Waals surface area contributed by atoms with Gasteiger partial charge in [0.1, 0.15) is 0 Å². The van der Waals surface area contributed by atoms with Crippen molar-refractivity contribution in [1.82, 2.24) is 20.4 Å². The summed E-state index contributed by atoms with van der Waals surface area (Å²) in [7, 11) is 2.55. The lowest BCUT2D eigenvalue weighted by Crippen LogP contribution is -2.49. The summed E-state index contributed by atoms with van der Waals surface area (Å²) in [4.78, 5) is 49.6. The molecular weight excluding hydrogens is 641 g/mol. The summed E-state index contributed by atoms with van der Waals surface area (Å²) in [6.45, 7) is 5.36. The highest BCUT2D eigenvalue weighted by molar-refractivity contribution is 6.36. The SMILES string of the molecule is COC(=O)C1=C(CCc2ccccc2)NC(CC(=O)N2CCN(CCCC3=NCCN3)CC2)=C(C(=O)OC)C1c1c(Cl)cccc1Cl. The van der Waals surface area contributed by atoms with Crippen LogP contribution in [-0.2, 0) is 30.3 Å². The molecule has 0 bridgehead atoms. The lowest BCUT2D eigenvalue weighted by Gasteiger charge is -2.36. The van der Waals surface area contributed by atoms with Gasteiger partial charge in [0, 0.05) is 66.1 Å². The van der Waals surface area contributed by atoms with Crippen molar-refractivity contribution in [2.45, 2.75) is 38.0 Å². The van der Waals surface area contributed by atoms with Gasteiger partial charge in [-0.2, -0.15) is 0 Å². The topological polar surface area (TPSA) is 113 Å². The van der Waals surface area contributed by atoms with Crippen molar-refractivity contribution in [2.24, 2.45) is 4.99 Å². The number of aliphatic imine (C=N–C) groups is 1. The van der Waals surface area contributed by atoms with Crippen LogP contribution < -0.4 is 10.6 Å². The number of amides is 1. The smallest absolute Gasteiger partial charge is 0.336 e. The van der Waals surface area contributed by atoms with Gasteiger partial charge in [0.2, 0.25) is 5.91 Å². The number of piperazine rings is 1. The highest BCUT2D eigenvalue weighted by Gasteiger charge is 2.42. The molecule has 3 aliphatic heterocycles. The molecule has 0 aliphatic carbocycles. The molecule has 0 radical (unpaired) electrons. The Kier molecular flexibility index (Phi) is 12.0. The molecule has 3 heterocycles. The van der Waals surface area contributed by atoms with Gasteiger partial charge in [0.15, 0.2) is 0 Å². The van der Waals surface area contributed by atoms with Crippen LogP contribution in [0.15, 0.2) is 76.1 Å². The van der Waals surface area contributed by atoms with E-state index in [0.717, 1.165) is 57.0 Å². The fourth-order valence-corrected chi connectivity index (χ4v) is 7.02. The second-order valence-corrected chi connectivity index (χ2v) is 12.5. The maximum absolute atomic E-state index is 13.8. The second-order valence-electron chi connectivity index (χ2n) is 11.7. The molecule has 2 aromatic carbocycles. The molecule has 47 heavy (non-hydrogen) atoms. The third-order valence-corrected chi connectivity index (χ3v) is 9.48. The Labute approximate surface area is 285 Å². The molecule has 1 saturated heterocycles. The second kappa shape index (κ2) is 16.3. The van der Waals surface area contributed by atoms with Gasteiger partial charge in [0.25, 0.3) is 0 Å². The Bertz CT molecular complexity index is 1550. The van der Waals surface area contributed by atoms with E-state index in [0.29, 0.717) is 42.9 Å². The molecule has 1 fully saturated rings. The number of hydrogen-bond acceptors (Lipinski definition) is 9. The van der Waals surface area contributed by atoms with E-state index in [1.54, 1.807) is 18.2 Å². The summed E-state index contributed by atoms with van der Waals surface area (Å²) < 4.78 is 10.5. The number of esters is 2. The number of rotatable bonds is 12. The van der Waals surface area contributed by atoms with Gasteiger partial charge in [-0.1, -0.05) is 59.6 Å². The zero-order valence-corrected chi connectivity index (χ0v) is 28.3. The molecule has 1 unspecified atom stereocenters. The van der Waals surface area contributed by atoms with Crippen LogP contribution in [0.4, 0.5) is 0 Å². The Morgan fingerprint density at radius 1 is 0.851 bits per heavy atom. The van der Waals surface area contributed by atoms with Crippen molar-refractivity contribution in [3.05, 3.63) is 92.2 Å². The van der Waals surface area contributed by atoms with Crippen LogP contribution in [0.5, 0.6) is 0 Å². The summed E-state index contributed by atoms with van der Waals surface area (Å²) >= 11 is 13.5. The number of amidine groups is 1. The first-order valence-corrected chi connectivity index (χ1v) is 16.7. The standard InChI is InChI=1S/C35H41Cl2N5O5/c1-46-34(44)31-26(14-13-23-8-4-3-5-9-23)40-27(32(35(45)47-2)33(31)30-24(36)10-6-11-25(30)37)22-29(43)42-20-18-41(19-21-42)17-7-12-28-38-15-16-39-28/h3-6,8-11,33,40H,7,12-22H2,1-2H3,(H,38,39). The molecule has 0 aromatic heterocycles. The van der Waals surface area contributed by atoms with Crippen LogP contribution in [0.2, 0.25) is 10.0 Å². The van der Waals surface area contributed by atoms with E-state index >= 15 is 0 Å². The molecule has 0 spiro atoms. The molecule has 10 nitrogen and oxygen atoms in total. The number of dihydropyridines is 1. The lowest BCUT2D eigenvalue weighted by atomic mass is 9.78. The van der Waals surface area contributed by atoms with Gasteiger partial charge in [-0.15, -0.1) is 0 Å². The number of allylic oxidation sites excluding steroid dienone is 1. The van der Waals surface area contributed by atoms with E-state index < -0.39 is 17.9 Å². The van der Waals surface area contributed by atoms with Crippen molar-refractivity contribution < 1.29 is 23.9 Å². The number of halogens is 2. The number of carbonyl (C=O) groups is 3. The molecule has 1 atom stereocenters. The quantitative estimate of drug-likeness (QED) is 0.316. The maximum atomic E-state index is 13.8. The van der Waals surface area contributed by atoms with Crippen molar-refractivity contribution in [3.8, 4) is 0 Å². The molecule has 1 amide bonds. The molecule has 5 rings (SSSR count). The normalized spacial score (nSPS) is 18.4. The first kappa shape index (κ1) is 34.5. The van der Waals surface area contributed by atoms with E-state index in [4.69, 9.17) is 32.7 Å². The van der Waals surface area contributed by atoms with E-state index in [1.165, 1.54) is 14.2 Å². The number of ether oxygens (including phenoxy) is 2. The first-order chi connectivity index (χ1) is 22.8. The van der Waals surface area contributed by atoms with Gasteiger partial charge in [0.05, 0.1) is 50.1 Å². The van der Waals surface area contributed by atoms with Crippen LogP contribution in [-0.4, -0.2) is 93.5 Å². The minimum Gasteiger partial charge on any atom is -0.466 e. The van der Waals surface area contributed by atoms with Crippen molar-refractivity contribution in [2.75, 3.05) is 60.0 Å². The van der Waals surface area contributed by atoms with Crippen LogP contribution in [0.3, 0.4) is 0 Å². The fraction of sp³-hybridized carbons (Fsp3) is 0.429. The molecule has 2 N–H and O–H groups in total. The largest absolute Gasteiger partial charge is 0.466 e.